The summed E-state index contributed by atoms with van der Waals surface area (Å²) >= 11 is 0. The zero-order chi connectivity index (χ0) is 23.3. The average Bonchev–Trinajstić information content (AvgIpc) is 3.35. The molecule has 0 radical (unpaired) electrons. The van der Waals surface area contributed by atoms with Crippen LogP contribution < -0.4 is 10.6 Å². The van der Waals surface area contributed by atoms with Crippen molar-refractivity contribution in [2.45, 2.75) is 55.2 Å². The Morgan fingerprint density at radius 2 is 1.55 bits per heavy atom. The zero-order valence-corrected chi connectivity index (χ0v) is 19.6. The first-order valence-electron chi connectivity index (χ1n) is 11.4. The summed E-state index contributed by atoms with van der Waals surface area (Å²) in [7, 11) is -3.47. The highest BCUT2D eigenvalue weighted by Gasteiger charge is 2.19. The maximum absolute atomic E-state index is 12.9. The number of hydrogen-bond acceptors (Lipinski definition) is 3. The second kappa shape index (κ2) is 10.2. The van der Waals surface area contributed by atoms with Gasteiger partial charge in [0.1, 0.15) is 0 Å². The molecule has 4 rings (SSSR count). The zero-order valence-electron chi connectivity index (χ0n) is 18.8. The molecule has 2 N–H and O–H groups in total. The summed E-state index contributed by atoms with van der Waals surface area (Å²) in [6.07, 6.45) is 5.00. The number of carbonyl (C=O) groups is 1. The predicted molar refractivity (Wildman–Crippen MR) is 132 cm³/mol. The molecule has 3 aromatic rings. The van der Waals surface area contributed by atoms with Gasteiger partial charge in [0.2, 0.25) is 0 Å². The minimum Gasteiger partial charge on any atom is -0.331 e. The van der Waals surface area contributed by atoms with E-state index in [1.54, 1.807) is 24.3 Å². The smallest absolute Gasteiger partial charge is 0.319 e. The first-order chi connectivity index (χ1) is 15.9. The van der Waals surface area contributed by atoms with E-state index in [4.69, 9.17) is 0 Å². The third-order valence-electron chi connectivity index (χ3n) is 6.28. The van der Waals surface area contributed by atoms with E-state index in [1.807, 2.05) is 49.4 Å². The predicted octanol–water partition coefficient (Wildman–Crippen LogP) is 6.20. The molecule has 2 amide bonds. The maximum atomic E-state index is 12.9. The minimum atomic E-state index is -3.47. The van der Waals surface area contributed by atoms with Crippen LogP contribution in [-0.2, 0) is 15.6 Å². The van der Waals surface area contributed by atoms with Crippen LogP contribution in [0.3, 0.4) is 0 Å². The molecule has 1 aliphatic carbocycles. The SMILES string of the molecule is C[C@@H](NC(=O)Nc1ccc(S(=O)(=O)Cc2ccc(C3CCCC3)cc2)cc1)c1ccccc1. The number of sulfone groups is 1. The summed E-state index contributed by atoms with van der Waals surface area (Å²) in [5.74, 6) is 0.573. The van der Waals surface area contributed by atoms with E-state index in [0.29, 0.717) is 11.6 Å². The molecule has 0 unspecified atom stereocenters. The van der Waals surface area contributed by atoms with Gasteiger partial charge in [0.05, 0.1) is 16.7 Å². The van der Waals surface area contributed by atoms with Gasteiger partial charge < -0.3 is 10.6 Å². The fourth-order valence-corrected chi connectivity index (χ4v) is 5.73. The highest BCUT2D eigenvalue weighted by Crippen LogP contribution is 2.34. The number of anilines is 1. The van der Waals surface area contributed by atoms with Crippen LogP contribution in [0.1, 0.15) is 61.3 Å². The molecule has 6 heteroatoms. The Labute approximate surface area is 196 Å². The molecule has 33 heavy (non-hydrogen) atoms. The highest BCUT2D eigenvalue weighted by molar-refractivity contribution is 7.90. The summed E-state index contributed by atoms with van der Waals surface area (Å²) in [4.78, 5) is 12.5. The van der Waals surface area contributed by atoms with Gasteiger partial charge in [0.25, 0.3) is 0 Å². The van der Waals surface area contributed by atoms with Crippen LogP contribution in [-0.4, -0.2) is 14.4 Å². The number of benzene rings is 3. The number of rotatable bonds is 7. The van der Waals surface area contributed by atoms with Crippen molar-refractivity contribution in [2.75, 3.05) is 5.32 Å². The summed E-state index contributed by atoms with van der Waals surface area (Å²) in [5, 5.41) is 5.64. The number of nitrogens with one attached hydrogen (secondary N) is 2. The quantitative estimate of drug-likeness (QED) is 0.439. The van der Waals surface area contributed by atoms with Gasteiger partial charge in [-0.3, -0.25) is 0 Å². The molecular weight excluding hydrogens is 432 g/mol. The lowest BCUT2D eigenvalue weighted by Gasteiger charge is -2.15. The van der Waals surface area contributed by atoms with E-state index >= 15 is 0 Å². The number of amides is 2. The Bertz CT molecular complexity index is 1170. The first kappa shape index (κ1) is 23.1. The summed E-state index contributed by atoms with van der Waals surface area (Å²) in [5.41, 5.74) is 3.63. The Morgan fingerprint density at radius 3 is 2.18 bits per heavy atom. The summed E-state index contributed by atoms with van der Waals surface area (Å²) in [6.45, 7) is 1.91. The Morgan fingerprint density at radius 1 is 0.909 bits per heavy atom. The second-order valence-corrected chi connectivity index (χ2v) is 10.7. The van der Waals surface area contributed by atoms with Crippen molar-refractivity contribution in [3.05, 3.63) is 95.6 Å². The molecule has 0 aliphatic heterocycles. The van der Waals surface area contributed by atoms with Crippen molar-refractivity contribution in [2.24, 2.45) is 0 Å². The van der Waals surface area contributed by atoms with E-state index in [-0.39, 0.29) is 22.7 Å². The number of carbonyl (C=O) groups excluding carboxylic acids is 1. The van der Waals surface area contributed by atoms with Crippen LogP contribution in [0.25, 0.3) is 0 Å². The van der Waals surface area contributed by atoms with Gasteiger partial charge in [0.15, 0.2) is 9.84 Å². The van der Waals surface area contributed by atoms with Gasteiger partial charge in [-0.25, -0.2) is 13.2 Å². The molecule has 1 saturated carbocycles. The minimum absolute atomic E-state index is 0.0419. The lowest BCUT2D eigenvalue weighted by molar-refractivity contribution is 0.249. The Hall–Kier alpha value is -3.12. The van der Waals surface area contributed by atoms with Crippen molar-refractivity contribution in [3.63, 3.8) is 0 Å². The molecule has 172 valence electrons. The van der Waals surface area contributed by atoms with Crippen LogP contribution in [0, 0.1) is 0 Å². The third kappa shape index (κ3) is 6.02. The van der Waals surface area contributed by atoms with Crippen molar-refractivity contribution in [1.82, 2.24) is 5.32 Å². The summed E-state index contributed by atoms with van der Waals surface area (Å²) in [6, 6.07) is 23.5. The molecule has 0 bridgehead atoms. The van der Waals surface area contributed by atoms with Gasteiger partial charge in [-0.05, 0) is 66.6 Å². The molecule has 3 aromatic carbocycles. The number of urea groups is 1. The fraction of sp³-hybridized carbons (Fsp3) is 0.296. The van der Waals surface area contributed by atoms with E-state index in [1.165, 1.54) is 31.2 Å². The van der Waals surface area contributed by atoms with Crippen LogP contribution in [0.2, 0.25) is 0 Å². The largest absolute Gasteiger partial charge is 0.331 e. The first-order valence-corrected chi connectivity index (χ1v) is 13.1. The van der Waals surface area contributed by atoms with Gasteiger partial charge >= 0.3 is 6.03 Å². The fourth-order valence-electron chi connectivity index (χ4n) is 4.38. The Kier molecular flexibility index (Phi) is 7.14. The van der Waals surface area contributed by atoms with E-state index < -0.39 is 9.84 Å². The molecular formula is C27H30N2O3S. The molecule has 1 aliphatic rings. The molecule has 1 fully saturated rings. The highest BCUT2D eigenvalue weighted by atomic mass is 32.2. The van der Waals surface area contributed by atoms with Gasteiger partial charge in [-0.15, -0.1) is 0 Å². The molecule has 5 nitrogen and oxygen atoms in total. The maximum Gasteiger partial charge on any atom is 0.319 e. The van der Waals surface area contributed by atoms with Crippen LogP contribution in [0.4, 0.5) is 10.5 Å². The van der Waals surface area contributed by atoms with Crippen LogP contribution >= 0.6 is 0 Å². The topological polar surface area (TPSA) is 75.3 Å². The van der Waals surface area contributed by atoms with Crippen LogP contribution in [0.15, 0.2) is 83.8 Å². The lowest BCUT2D eigenvalue weighted by Crippen LogP contribution is -2.31. The van der Waals surface area contributed by atoms with Crippen molar-refractivity contribution in [3.8, 4) is 0 Å². The third-order valence-corrected chi connectivity index (χ3v) is 7.99. The molecule has 0 aromatic heterocycles. The second-order valence-electron chi connectivity index (χ2n) is 8.74. The monoisotopic (exact) mass is 462 g/mol. The molecule has 0 saturated heterocycles. The molecule has 0 spiro atoms. The molecule has 1 atom stereocenters. The summed E-state index contributed by atoms with van der Waals surface area (Å²) < 4.78 is 25.8. The lowest BCUT2D eigenvalue weighted by atomic mass is 9.97. The van der Waals surface area contributed by atoms with E-state index in [0.717, 1.165) is 11.1 Å². The van der Waals surface area contributed by atoms with Gasteiger partial charge in [-0.2, -0.15) is 0 Å². The van der Waals surface area contributed by atoms with Gasteiger partial charge in [-0.1, -0.05) is 67.4 Å². The van der Waals surface area contributed by atoms with Crippen molar-refractivity contribution < 1.29 is 13.2 Å². The molecule has 0 heterocycles. The normalized spacial score (nSPS) is 15.2. The van der Waals surface area contributed by atoms with Gasteiger partial charge in [0, 0.05) is 5.69 Å². The van der Waals surface area contributed by atoms with Crippen molar-refractivity contribution >= 4 is 21.6 Å². The van der Waals surface area contributed by atoms with E-state index in [2.05, 4.69) is 22.8 Å². The van der Waals surface area contributed by atoms with Crippen LogP contribution in [0.5, 0.6) is 0 Å². The number of hydrogen-bond donors (Lipinski definition) is 2. The standard InChI is InChI=1S/C27H30N2O3S/c1-20(22-7-3-2-4-8-22)28-27(30)29-25-15-17-26(18-16-25)33(31,32)19-21-11-13-24(14-12-21)23-9-5-6-10-23/h2-4,7-8,11-18,20,23H,5-6,9-10,19H2,1H3,(H2,28,29,30)/t20-/m1/s1. The van der Waals surface area contributed by atoms with Crippen molar-refractivity contribution in [1.29, 1.82) is 0 Å². The van der Waals surface area contributed by atoms with E-state index in [9.17, 15) is 13.2 Å². The Balaban J connectivity index is 1.35. The average molecular weight is 463 g/mol.